The molecule has 0 heterocycles. The van der Waals surface area contributed by atoms with Crippen LogP contribution in [0.1, 0.15) is 35.7 Å². The molecule has 0 aliphatic rings. The number of anilines is 1. The van der Waals surface area contributed by atoms with E-state index in [-0.39, 0.29) is 18.4 Å². The summed E-state index contributed by atoms with van der Waals surface area (Å²) < 4.78 is 7.34. The Morgan fingerprint density at radius 3 is 2.59 bits per heavy atom. The molecule has 2 rings (SSSR count). The van der Waals surface area contributed by atoms with Crippen molar-refractivity contribution >= 4 is 49.4 Å². The molecule has 2 amide bonds. The van der Waals surface area contributed by atoms with Crippen LogP contribution in [0.5, 0.6) is 5.75 Å². The molecule has 2 aromatic rings. The number of unbranched alkanes of at least 4 members (excludes halogenated alkanes) is 1. The van der Waals surface area contributed by atoms with Crippen molar-refractivity contribution in [2.75, 3.05) is 18.5 Å². The minimum absolute atomic E-state index is 0.160. The standard InChI is InChI=1S/C20H22Br2N2O3/c1-3-4-9-23-20(26)15-7-5-6-8-17(15)24-18(25)12-27-19-13(2)10-14(21)11-16(19)22/h5-8,10-11H,3-4,9,12H2,1-2H3,(H,23,26)(H,24,25). The summed E-state index contributed by atoms with van der Waals surface area (Å²) in [6.45, 7) is 4.41. The summed E-state index contributed by atoms with van der Waals surface area (Å²) in [5.74, 6) is 0.0729. The molecule has 144 valence electrons. The zero-order valence-corrected chi connectivity index (χ0v) is 18.4. The summed E-state index contributed by atoms with van der Waals surface area (Å²) in [4.78, 5) is 24.6. The fourth-order valence-corrected chi connectivity index (χ4v) is 4.01. The zero-order chi connectivity index (χ0) is 19.8. The highest BCUT2D eigenvalue weighted by atomic mass is 79.9. The summed E-state index contributed by atoms with van der Waals surface area (Å²) >= 11 is 6.85. The van der Waals surface area contributed by atoms with Crippen LogP contribution >= 0.6 is 31.9 Å². The van der Waals surface area contributed by atoms with Gasteiger partial charge in [0.2, 0.25) is 0 Å². The number of hydrogen-bond donors (Lipinski definition) is 2. The number of carbonyl (C=O) groups is 2. The number of benzene rings is 2. The Hall–Kier alpha value is -1.86. The maximum atomic E-state index is 12.3. The van der Waals surface area contributed by atoms with Gasteiger partial charge in [-0.3, -0.25) is 9.59 Å². The van der Waals surface area contributed by atoms with Gasteiger partial charge in [0.1, 0.15) is 5.75 Å². The third kappa shape index (κ3) is 6.36. The van der Waals surface area contributed by atoms with Gasteiger partial charge in [0.15, 0.2) is 6.61 Å². The number of aryl methyl sites for hydroxylation is 1. The molecule has 0 atom stereocenters. The van der Waals surface area contributed by atoms with Gasteiger partial charge in [-0.05, 0) is 59.1 Å². The molecule has 7 heteroatoms. The average molecular weight is 498 g/mol. The molecule has 0 aliphatic heterocycles. The Labute approximate surface area is 176 Å². The molecule has 27 heavy (non-hydrogen) atoms. The molecule has 0 unspecified atom stereocenters. The first-order valence-corrected chi connectivity index (χ1v) is 10.3. The Balaban J connectivity index is 2.01. The van der Waals surface area contributed by atoms with Gasteiger partial charge >= 0.3 is 0 Å². The molecule has 0 aromatic heterocycles. The number of carbonyl (C=O) groups excluding carboxylic acids is 2. The third-order valence-electron chi connectivity index (χ3n) is 3.80. The number of para-hydroxylation sites is 1. The third-order valence-corrected chi connectivity index (χ3v) is 4.85. The van der Waals surface area contributed by atoms with Gasteiger partial charge in [-0.25, -0.2) is 0 Å². The number of amides is 2. The van der Waals surface area contributed by atoms with E-state index in [9.17, 15) is 9.59 Å². The molecular weight excluding hydrogens is 476 g/mol. The van der Waals surface area contributed by atoms with E-state index in [1.165, 1.54) is 0 Å². The molecule has 0 bridgehead atoms. The largest absolute Gasteiger partial charge is 0.482 e. The quantitative estimate of drug-likeness (QED) is 0.500. The monoisotopic (exact) mass is 496 g/mol. The lowest BCUT2D eigenvalue weighted by Gasteiger charge is -2.13. The first-order chi connectivity index (χ1) is 12.9. The van der Waals surface area contributed by atoms with E-state index in [4.69, 9.17) is 4.74 Å². The fraction of sp³-hybridized carbons (Fsp3) is 0.300. The van der Waals surface area contributed by atoms with Crippen LogP contribution in [0.3, 0.4) is 0 Å². The maximum Gasteiger partial charge on any atom is 0.262 e. The van der Waals surface area contributed by atoms with Gasteiger partial charge < -0.3 is 15.4 Å². The summed E-state index contributed by atoms with van der Waals surface area (Å²) in [5, 5.41) is 5.61. The highest BCUT2D eigenvalue weighted by Gasteiger charge is 2.14. The lowest BCUT2D eigenvalue weighted by atomic mass is 10.1. The number of nitrogens with one attached hydrogen (secondary N) is 2. The normalized spacial score (nSPS) is 10.4. The fourth-order valence-electron chi connectivity index (χ4n) is 2.46. The number of rotatable bonds is 8. The minimum atomic E-state index is -0.335. The number of hydrogen-bond acceptors (Lipinski definition) is 3. The molecule has 0 saturated heterocycles. The predicted octanol–water partition coefficient (Wildman–Crippen LogP) is 5.07. The second-order valence-corrected chi connectivity index (χ2v) is 7.80. The van der Waals surface area contributed by atoms with E-state index in [2.05, 4.69) is 49.4 Å². The number of ether oxygens (including phenoxy) is 1. The second-order valence-electron chi connectivity index (χ2n) is 6.03. The van der Waals surface area contributed by atoms with E-state index >= 15 is 0 Å². The van der Waals surface area contributed by atoms with Crippen LogP contribution in [0, 0.1) is 6.92 Å². The highest BCUT2D eigenvalue weighted by Crippen LogP contribution is 2.32. The molecular formula is C20H22Br2N2O3. The maximum absolute atomic E-state index is 12.3. The molecule has 2 N–H and O–H groups in total. The molecule has 0 fully saturated rings. The summed E-state index contributed by atoms with van der Waals surface area (Å²) in [6.07, 6.45) is 1.91. The lowest BCUT2D eigenvalue weighted by molar-refractivity contribution is -0.118. The second kappa shape index (κ2) is 10.5. The molecule has 0 saturated carbocycles. The Morgan fingerprint density at radius 2 is 1.89 bits per heavy atom. The van der Waals surface area contributed by atoms with Crippen LogP contribution < -0.4 is 15.4 Å². The molecule has 5 nitrogen and oxygen atoms in total. The first kappa shape index (κ1) is 21.4. The first-order valence-electron chi connectivity index (χ1n) is 8.68. The van der Waals surface area contributed by atoms with Crippen LogP contribution in [-0.2, 0) is 4.79 Å². The Bertz CT molecular complexity index is 802. The van der Waals surface area contributed by atoms with Crippen LogP contribution in [-0.4, -0.2) is 25.0 Å². The van der Waals surface area contributed by atoms with Crippen molar-refractivity contribution in [3.05, 3.63) is 56.5 Å². The van der Waals surface area contributed by atoms with Gasteiger partial charge in [0.25, 0.3) is 11.8 Å². The lowest BCUT2D eigenvalue weighted by Crippen LogP contribution is -2.27. The van der Waals surface area contributed by atoms with Crippen molar-refractivity contribution in [3.8, 4) is 5.75 Å². The SMILES string of the molecule is CCCCNC(=O)c1ccccc1NC(=O)COc1c(C)cc(Br)cc1Br. The average Bonchev–Trinajstić information content (AvgIpc) is 2.61. The topological polar surface area (TPSA) is 67.4 Å². The van der Waals surface area contributed by atoms with Crippen molar-refractivity contribution in [1.29, 1.82) is 0 Å². The Kier molecular flexibility index (Phi) is 8.31. The summed E-state index contributed by atoms with van der Waals surface area (Å²) in [7, 11) is 0. The minimum Gasteiger partial charge on any atom is -0.482 e. The molecule has 2 aromatic carbocycles. The predicted molar refractivity (Wildman–Crippen MR) is 114 cm³/mol. The van der Waals surface area contributed by atoms with Crippen LogP contribution in [0.15, 0.2) is 45.3 Å². The van der Waals surface area contributed by atoms with Crippen molar-refractivity contribution in [2.45, 2.75) is 26.7 Å². The molecule has 0 spiro atoms. The van der Waals surface area contributed by atoms with Gasteiger partial charge in [-0.15, -0.1) is 0 Å². The van der Waals surface area contributed by atoms with E-state index < -0.39 is 0 Å². The van der Waals surface area contributed by atoms with Crippen molar-refractivity contribution in [2.24, 2.45) is 0 Å². The summed E-state index contributed by atoms with van der Waals surface area (Å²) in [5.41, 5.74) is 1.80. The highest BCUT2D eigenvalue weighted by molar-refractivity contribution is 9.11. The van der Waals surface area contributed by atoms with Gasteiger partial charge in [0, 0.05) is 11.0 Å². The number of halogens is 2. The van der Waals surface area contributed by atoms with Crippen molar-refractivity contribution in [3.63, 3.8) is 0 Å². The van der Waals surface area contributed by atoms with Crippen LogP contribution in [0.4, 0.5) is 5.69 Å². The van der Waals surface area contributed by atoms with Gasteiger partial charge in [-0.2, -0.15) is 0 Å². The van der Waals surface area contributed by atoms with E-state index in [1.54, 1.807) is 24.3 Å². The zero-order valence-electron chi connectivity index (χ0n) is 15.3. The van der Waals surface area contributed by atoms with Gasteiger partial charge in [-0.1, -0.05) is 41.4 Å². The van der Waals surface area contributed by atoms with E-state index in [1.807, 2.05) is 19.1 Å². The van der Waals surface area contributed by atoms with E-state index in [0.717, 1.165) is 27.4 Å². The van der Waals surface area contributed by atoms with Crippen LogP contribution in [0.2, 0.25) is 0 Å². The van der Waals surface area contributed by atoms with Gasteiger partial charge in [0.05, 0.1) is 15.7 Å². The van der Waals surface area contributed by atoms with Crippen LogP contribution in [0.25, 0.3) is 0 Å². The smallest absolute Gasteiger partial charge is 0.262 e. The van der Waals surface area contributed by atoms with Crippen molar-refractivity contribution < 1.29 is 14.3 Å². The van der Waals surface area contributed by atoms with Crippen molar-refractivity contribution in [1.82, 2.24) is 5.32 Å². The Morgan fingerprint density at radius 1 is 1.15 bits per heavy atom. The van der Waals surface area contributed by atoms with E-state index in [0.29, 0.717) is 23.5 Å². The molecule has 0 radical (unpaired) electrons. The molecule has 0 aliphatic carbocycles. The summed E-state index contributed by atoms with van der Waals surface area (Å²) in [6, 6.07) is 10.7.